The van der Waals surface area contributed by atoms with Gasteiger partial charge in [-0.05, 0) is 98.4 Å². The maximum atomic E-state index is 14.0. The number of nitrogen functional groups attached to an aromatic ring is 1. The summed E-state index contributed by atoms with van der Waals surface area (Å²) in [6.07, 6.45) is 5.85. The minimum atomic E-state index is -1.39. The molecule has 2 aromatic rings. The topological polar surface area (TPSA) is 131 Å². The van der Waals surface area contributed by atoms with Crippen molar-refractivity contribution >= 4 is 22.9 Å². The van der Waals surface area contributed by atoms with E-state index in [0.717, 1.165) is 46.4 Å². The van der Waals surface area contributed by atoms with Gasteiger partial charge in [-0.15, -0.1) is 0 Å². The van der Waals surface area contributed by atoms with Crippen LogP contribution in [0.15, 0.2) is 60.2 Å². The molecule has 8 nitrogen and oxygen atoms in total. The lowest BCUT2D eigenvalue weighted by atomic mass is 9.46. The van der Waals surface area contributed by atoms with Crippen molar-refractivity contribution in [1.29, 1.82) is 0 Å². The van der Waals surface area contributed by atoms with Crippen molar-refractivity contribution in [3.8, 4) is 0 Å². The van der Waals surface area contributed by atoms with E-state index in [9.17, 15) is 19.8 Å². The van der Waals surface area contributed by atoms with Crippen LogP contribution in [-0.4, -0.2) is 46.2 Å². The number of allylic oxidation sites excluding steroid dienone is 4. The third-order valence-corrected chi connectivity index (χ3v) is 12.2. The summed E-state index contributed by atoms with van der Waals surface area (Å²) < 4.78 is 13.7. The molecule has 0 aromatic heterocycles. The summed E-state index contributed by atoms with van der Waals surface area (Å²) in [7, 11) is 0. The summed E-state index contributed by atoms with van der Waals surface area (Å²) >= 11 is 0. The van der Waals surface area contributed by atoms with Crippen molar-refractivity contribution in [1.82, 2.24) is 0 Å². The Bertz CT molecular complexity index is 1630. The van der Waals surface area contributed by atoms with Gasteiger partial charge in [-0.25, -0.2) is 0 Å². The minimum absolute atomic E-state index is 0.00131. The zero-order chi connectivity index (χ0) is 31.9. The first-order chi connectivity index (χ1) is 21.4. The van der Waals surface area contributed by atoms with E-state index in [1.807, 2.05) is 56.3 Å². The Hall–Kier alpha value is -3.30. The molecule has 0 unspecified atom stereocenters. The molecule has 1 saturated heterocycles. The lowest BCUT2D eigenvalue weighted by Crippen LogP contribution is -2.63. The maximum Gasteiger partial charge on any atom is 0.193 e. The summed E-state index contributed by atoms with van der Waals surface area (Å²) in [6.45, 7) is 8.18. The van der Waals surface area contributed by atoms with Crippen LogP contribution in [0, 0.1) is 42.4 Å². The number of aliphatic hydroxyl groups is 2. The predicted octanol–water partition coefficient (Wildman–Crippen LogP) is 5.10. The zero-order valence-electron chi connectivity index (χ0n) is 26.5. The van der Waals surface area contributed by atoms with E-state index in [0.29, 0.717) is 25.1 Å². The van der Waals surface area contributed by atoms with Gasteiger partial charge in [0.2, 0.25) is 0 Å². The number of hydrogen-bond donors (Lipinski definition) is 4. The van der Waals surface area contributed by atoms with Gasteiger partial charge in [0.25, 0.3) is 0 Å². The number of hydrogen-bond acceptors (Lipinski definition) is 8. The van der Waals surface area contributed by atoms with Crippen LogP contribution in [0.25, 0.3) is 0 Å². The third-order valence-electron chi connectivity index (χ3n) is 12.2. The normalized spacial score (nSPS) is 38.2. The molecule has 4 fully saturated rings. The fraction of sp³-hybridized carbons (Fsp3) is 0.514. The Morgan fingerprint density at radius 2 is 1.98 bits per heavy atom. The first-order valence-electron chi connectivity index (χ1n) is 16.2. The van der Waals surface area contributed by atoms with Crippen molar-refractivity contribution < 1.29 is 29.3 Å². The SMILES string of the molecule is Cc1ccc(NCc2cccc(N)c2)c(C)c1[C@H]1O[C@@H]2C[C@H]3[C@@H]4CCC5=CC(=O)C=C[C@]5(C)[C@H]4[C@@H](O)C[C@]3(C)[C@]2(C(=O)CO)O1. The van der Waals surface area contributed by atoms with Gasteiger partial charge in [0, 0.05) is 40.2 Å². The molecule has 0 bridgehead atoms. The second-order valence-corrected chi connectivity index (χ2v) is 14.4. The minimum Gasteiger partial charge on any atom is -0.399 e. The standard InChI is InChI=1S/C37H44N2O6/c1-20-8-11-28(39-18-22-6-5-7-24(38)14-22)21(2)32(20)34-44-31-16-27-26-10-9-23-15-25(41)12-13-35(23,3)33(26)29(42)17-36(27,4)37(31,45-34)30(43)19-40/h5-8,11-15,26-27,29,31,33-34,39-40,42H,9-10,16-19,38H2,1-4H3/t26-,27-,29-,31+,33+,34-,35-,36-,37+/m0/s1. The fourth-order valence-electron chi connectivity index (χ4n) is 10.1. The largest absolute Gasteiger partial charge is 0.399 e. The van der Waals surface area contributed by atoms with Crippen LogP contribution in [-0.2, 0) is 25.6 Å². The van der Waals surface area contributed by atoms with Crippen molar-refractivity contribution in [3.63, 3.8) is 0 Å². The van der Waals surface area contributed by atoms with Gasteiger partial charge in [-0.1, -0.05) is 43.7 Å². The molecule has 3 saturated carbocycles. The van der Waals surface area contributed by atoms with Crippen LogP contribution < -0.4 is 11.1 Å². The van der Waals surface area contributed by atoms with Gasteiger partial charge >= 0.3 is 0 Å². The first kappa shape index (κ1) is 30.4. The van der Waals surface area contributed by atoms with Crippen LogP contribution >= 0.6 is 0 Å². The fourth-order valence-corrected chi connectivity index (χ4v) is 10.1. The zero-order valence-corrected chi connectivity index (χ0v) is 26.5. The Balaban J connectivity index is 1.21. The predicted molar refractivity (Wildman–Crippen MR) is 171 cm³/mol. The van der Waals surface area contributed by atoms with Crippen LogP contribution in [0.4, 0.5) is 11.4 Å². The molecular weight excluding hydrogens is 568 g/mol. The van der Waals surface area contributed by atoms with Gasteiger partial charge in [0.05, 0.1) is 12.2 Å². The number of aryl methyl sites for hydroxylation is 1. The molecule has 5 N–H and O–H groups in total. The molecule has 2 aromatic carbocycles. The summed E-state index contributed by atoms with van der Waals surface area (Å²) in [6, 6.07) is 11.8. The first-order valence-corrected chi connectivity index (χ1v) is 16.2. The average molecular weight is 613 g/mol. The molecule has 0 radical (unpaired) electrons. The molecule has 0 amide bonds. The Morgan fingerprint density at radius 1 is 1.18 bits per heavy atom. The molecule has 1 aliphatic heterocycles. The monoisotopic (exact) mass is 612 g/mol. The number of fused-ring (bicyclic) bond motifs is 7. The second kappa shape index (κ2) is 10.6. The van der Waals surface area contributed by atoms with E-state index in [1.54, 1.807) is 12.2 Å². The van der Waals surface area contributed by atoms with Crippen LogP contribution in [0.3, 0.4) is 0 Å². The molecule has 5 aliphatic rings. The number of ketones is 2. The second-order valence-electron chi connectivity index (χ2n) is 14.4. The molecule has 8 heteroatoms. The van der Waals surface area contributed by atoms with Crippen molar-refractivity contribution in [2.45, 2.75) is 84.0 Å². The summed E-state index contributed by atoms with van der Waals surface area (Å²) in [5.74, 6) is -0.307. The number of carbonyl (C=O) groups excluding carboxylic acids is 2. The third kappa shape index (κ3) is 4.33. The Morgan fingerprint density at radius 3 is 2.73 bits per heavy atom. The summed E-state index contributed by atoms with van der Waals surface area (Å²) in [4.78, 5) is 26.2. The number of anilines is 2. The van der Waals surface area contributed by atoms with Crippen LogP contribution in [0.2, 0.25) is 0 Å². The van der Waals surface area contributed by atoms with Gasteiger partial charge in [0.15, 0.2) is 23.5 Å². The highest BCUT2D eigenvalue weighted by molar-refractivity contribution is 6.01. The van der Waals surface area contributed by atoms with Crippen molar-refractivity contribution in [2.75, 3.05) is 17.7 Å². The molecule has 1 heterocycles. The van der Waals surface area contributed by atoms with E-state index in [4.69, 9.17) is 15.2 Å². The number of nitrogens with two attached hydrogens (primary N) is 1. The van der Waals surface area contributed by atoms with Crippen molar-refractivity contribution in [2.24, 2.45) is 28.6 Å². The molecular formula is C37H44N2O6. The van der Waals surface area contributed by atoms with Gasteiger partial charge in [-0.3, -0.25) is 9.59 Å². The number of benzene rings is 2. The van der Waals surface area contributed by atoms with E-state index in [1.165, 1.54) is 0 Å². The number of carbonyl (C=O) groups is 2. The van der Waals surface area contributed by atoms with Gasteiger partial charge in [-0.2, -0.15) is 0 Å². The van der Waals surface area contributed by atoms with Crippen LogP contribution in [0.5, 0.6) is 0 Å². The van der Waals surface area contributed by atoms with Crippen molar-refractivity contribution in [3.05, 3.63) is 82.5 Å². The van der Waals surface area contributed by atoms with Gasteiger partial charge < -0.3 is 30.7 Å². The van der Waals surface area contributed by atoms with E-state index in [2.05, 4.69) is 19.2 Å². The lowest BCUT2D eigenvalue weighted by Gasteiger charge is -2.59. The number of Topliss-reactive ketones (excluding diaryl/α,β-unsaturated/α-hetero) is 1. The molecule has 4 aliphatic carbocycles. The van der Waals surface area contributed by atoms with E-state index < -0.39 is 41.5 Å². The van der Waals surface area contributed by atoms with Crippen LogP contribution in [0.1, 0.15) is 68.1 Å². The number of rotatable bonds is 6. The highest BCUT2D eigenvalue weighted by Crippen LogP contribution is 2.70. The number of aliphatic hydroxyl groups excluding tert-OH is 2. The summed E-state index contributed by atoms with van der Waals surface area (Å²) in [5, 5.41) is 25.8. The molecule has 9 atom stereocenters. The molecule has 7 rings (SSSR count). The van der Waals surface area contributed by atoms with E-state index >= 15 is 0 Å². The lowest BCUT2D eigenvalue weighted by molar-refractivity contribution is -0.201. The maximum absolute atomic E-state index is 14.0. The summed E-state index contributed by atoms with van der Waals surface area (Å²) in [5.41, 5.74) is 10.1. The molecule has 0 spiro atoms. The number of ether oxygens (including phenoxy) is 2. The average Bonchev–Trinajstić information content (AvgIpc) is 3.49. The number of nitrogens with one attached hydrogen (secondary N) is 1. The Kier molecular flexibility index (Phi) is 7.17. The van der Waals surface area contributed by atoms with Gasteiger partial charge in [0.1, 0.15) is 6.61 Å². The molecule has 238 valence electrons. The quantitative estimate of drug-likeness (QED) is 0.332. The Labute approximate surface area is 264 Å². The molecule has 45 heavy (non-hydrogen) atoms. The smallest absolute Gasteiger partial charge is 0.193 e. The van der Waals surface area contributed by atoms with E-state index in [-0.39, 0.29) is 29.3 Å². The highest BCUT2D eigenvalue weighted by atomic mass is 16.7. The highest BCUT2D eigenvalue weighted by Gasteiger charge is 2.76.